The van der Waals surface area contributed by atoms with Gasteiger partial charge in [-0.1, -0.05) is 266 Å². The van der Waals surface area contributed by atoms with Gasteiger partial charge in [-0.2, -0.15) is 0 Å². The molecule has 9 nitrogen and oxygen atoms in total. The molecule has 1 fully saturated rings. The molecular formula is C66H117NO8. The molecule has 1 aliphatic heterocycles. The third-order valence-electron chi connectivity index (χ3n) is 14.4. The van der Waals surface area contributed by atoms with Crippen LogP contribution in [0.4, 0.5) is 0 Å². The number of hydrogen-bond acceptors (Lipinski definition) is 8. The van der Waals surface area contributed by atoms with Gasteiger partial charge in [0.2, 0.25) is 5.91 Å². The van der Waals surface area contributed by atoms with Gasteiger partial charge < -0.3 is 40.3 Å². The van der Waals surface area contributed by atoms with Crippen molar-refractivity contribution in [3.8, 4) is 0 Å². The van der Waals surface area contributed by atoms with Gasteiger partial charge in [0.15, 0.2) is 6.29 Å². The molecule has 1 rings (SSSR count). The molecule has 9 heteroatoms. The lowest BCUT2D eigenvalue weighted by atomic mass is 9.99. The summed E-state index contributed by atoms with van der Waals surface area (Å²) in [5, 5.41) is 54.6. The molecule has 1 amide bonds. The van der Waals surface area contributed by atoms with Crippen molar-refractivity contribution in [2.45, 2.75) is 314 Å². The van der Waals surface area contributed by atoms with Gasteiger partial charge in [0, 0.05) is 6.42 Å². The molecule has 6 N–H and O–H groups in total. The minimum atomic E-state index is -1.58. The summed E-state index contributed by atoms with van der Waals surface area (Å²) in [5.74, 6) is -0.194. The zero-order chi connectivity index (χ0) is 54.3. The Hall–Kier alpha value is -2.63. The van der Waals surface area contributed by atoms with Gasteiger partial charge >= 0.3 is 0 Å². The highest BCUT2D eigenvalue weighted by molar-refractivity contribution is 5.76. The van der Waals surface area contributed by atoms with Crippen LogP contribution in [0.5, 0.6) is 0 Å². The molecule has 0 bridgehead atoms. The molecule has 7 atom stereocenters. The monoisotopic (exact) mass is 1050 g/mol. The van der Waals surface area contributed by atoms with E-state index in [0.717, 1.165) is 70.6 Å². The van der Waals surface area contributed by atoms with Crippen LogP contribution in [0.1, 0.15) is 271 Å². The van der Waals surface area contributed by atoms with Crippen molar-refractivity contribution in [2.75, 3.05) is 13.2 Å². The van der Waals surface area contributed by atoms with Gasteiger partial charge in [-0.05, 0) is 83.5 Å². The number of carbonyl (C=O) groups excluding carboxylic acids is 1. The molecule has 0 spiro atoms. The Morgan fingerprint density at radius 3 is 1.28 bits per heavy atom. The van der Waals surface area contributed by atoms with Gasteiger partial charge in [-0.3, -0.25) is 4.79 Å². The van der Waals surface area contributed by atoms with E-state index in [1.54, 1.807) is 6.08 Å². The van der Waals surface area contributed by atoms with Gasteiger partial charge in [-0.15, -0.1) is 0 Å². The number of aliphatic hydroxyl groups is 5. The van der Waals surface area contributed by atoms with Gasteiger partial charge in [0.05, 0.1) is 25.4 Å². The van der Waals surface area contributed by atoms with E-state index in [1.807, 2.05) is 6.08 Å². The lowest BCUT2D eigenvalue weighted by Gasteiger charge is -2.40. The Bertz CT molecular complexity index is 1450. The van der Waals surface area contributed by atoms with Crippen LogP contribution >= 0.6 is 0 Å². The Labute approximate surface area is 461 Å². The van der Waals surface area contributed by atoms with Crippen molar-refractivity contribution < 1.29 is 39.8 Å². The van der Waals surface area contributed by atoms with E-state index in [9.17, 15) is 30.3 Å². The summed E-state index contributed by atoms with van der Waals surface area (Å²) < 4.78 is 11.3. The van der Waals surface area contributed by atoms with Gasteiger partial charge in [0.25, 0.3) is 0 Å². The van der Waals surface area contributed by atoms with Crippen LogP contribution in [-0.2, 0) is 14.3 Å². The standard InChI is InChI=1S/C66H117NO8/c1-3-5-7-9-11-13-15-17-19-21-23-25-27-29-30-32-33-35-37-39-41-43-45-47-49-51-53-55-60(69)59(58-74-66-65(73)64(72)63(71)61(57-68)75-66)67-62(70)56-54-52-50-48-46-44-42-40-38-36-34-31-28-26-24-22-20-18-16-14-12-10-8-6-4-2/h6,8,12,14,18,20,24,26,37,39,45,47,53,55,59-61,63-66,68-69,71-73H,3-5,7,9-11,13,15-17,19,21-23,25,27-36,38,40-44,46,48-52,54,56-58H2,1-2H3,(H,67,70)/b8-6-,14-12-,20-18-,26-24-,39-37+,47-45+,55-53+. The second-order valence-corrected chi connectivity index (χ2v) is 21.4. The average Bonchev–Trinajstić information content (AvgIpc) is 3.41. The van der Waals surface area contributed by atoms with Crippen LogP contribution in [0.25, 0.3) is 0 Å². The largest absolute Gasteiger partial charge is 0.394 e. The first-order valence-corrected chi connectivity index (χ1v) is 31.3. The molecule has 1 saturated heterocycles. The number of unbranched alkanes of at least 4 members (excludes halogenated alkanes) is 31. The number of hydrogen-bond donors (Lipinski definition) is 6. The SMILES string of the molecule is CC/C=C\C/C=C\C/C=C\C/C=C\CCCCCCCCCCCCCCC(=O)NC(COC1OC(CO)C(O)C(O)C1O)C(O)/C=C/CC/C=C/CC/C=C/CCCCCCCCCCCCCCCCCCC. The molecule has 0 aromatic rings. The zero-order valence-electron chi connectivity index (χ0n) is 48.3. The molecule has 75 heavy (non-hydrogen) atoms. The van der Waals surface area contributed by atoms with E-state index < -0.39 is 49.5 Å². The Morgan fingerprint density at radius 1 is 0.467 bits per heavy atom. The first kappa shape index (κ1) is 70.4. The van der Waals surface area contributed by atoms with Crippen LogP contribution < -0.4 is 5.32 Å². The normalized spacial score (nSPS) is 19.5. The van der Waals surface area contributed by atoms with E-state index in [2.05, 4.69) is 92.1 Å². The van der Waals surface area contributed by atoms with E-state index in [-0.39, 0.29) is 12.5 Å². The van der Waals surface area contributed by atoms with Crippen molar-refractivity contribution in [1.29, 1.82) is 0 Å². The summed E-state index contributed by atoms with van der Waals surface area (Å²) in [6.07, 6.45) is 70.9. The number of aliphatic hydroxyl groups excluding tert-OH is 5. The molecule has 0 aromatic heterocycles. The summed E-state index contributed by atoms with van der Waals surface area (Å²) in [6, 6.07) is -0.835. The molecule has 1 heterocycles. The summed E-state index contributed by atoms with van der Waals surface area (Å²) in [6.45, 7) is 3.67. The number of nitrogens with one attached hydrogen (secondary N) is 1. The third-order valence-corrected chi connectivity index (χ3v) is 14.4. The fourth-order valence-corrected chi connectivity index (χ4v) is 9.53. The zero-order valence-corrected chi connectivity index (χ0v) is 48.3. The molecule has 0 saturated carbocycles. The first-order chi connectivity index (χ1) is 36.8. The summed E-state index contributed by atoms with van der Waals surface area (Å²) in [4.78, 5) is 13.1. The number of amides is 1. The number of rotatable bonds is 53. The smallest absolute Gasteiger partial charge is 0.220 e. The Balaban J connectivity index is 2.23. The maximum Gasteiger partial charge on any atom is 0.220 e. The second kappa shape index (κ2) is 54.7. The van der Waals surface area contributed by atoms with E-state index in [1.165, 1.54) is 180 Å². The second-order valence-electron chi connectivity index (χ2n) is 21.4. The van der Waals surface area contributed by atoms with Crippen molar-refractivity contribution in [2.24, 2.45) is 0 Å². The van der Waals surface area contributed by atoms with E-state index in [4.69, 9.17) is 9.47 Å². The predicted octanol–water partition coefficient (Wildman–Crippen LogP) is 16.2. The maximum atomic E-state index is 13.1. The molecule has 0 radical (unpaired) electrons. The number of ether oxygens (including phenoxy) is 2. The Kier molecular flexibility index (Phi) is 51.3. The fraction of sp³-hybridized carbons (Fsp3) is 0.773. The van der Waals surface area contributed by atoms with Crippen LogP contribution in [0.3, 0.4) is 0 Å². The minimum Gasteiger partial charge on any atom is -0.394 e. The number of allylic oxidation sites excluding steroid dienone is 13. The fourth-order valence-electron chi connectivity index (χ4n) is 9.53. The first-order valence-electron chi connectivity index (χ1n) is 31.3. The predicted molar refractivity (Wildman–Crippen MR) is 318 cm³/mol. The third kappa shape index (κ3) is 44.0. The summed E-state index contributed by atoms with van der Waals surface area (Å²) in [7, 11) is 0. The van der Waals surface area contributed by atoms with E-state index >= 15 is 0 Å². The summed E-state index contributed by atoms with van der Waals surface area (Å²) in [5.41, 5.74) is 0. The quantitative estimate of drug-likeness (QED) is 0.0261. The highest BCUT2D eigenvalue weighted by Crippen LogP contribution is 2.23. The average molecular weight is 1050 g/mol. The van der Waals surface area contributed by atoms with Crippen LogP contribution in [0.15, 0.2) is 85.1 Å². The number of carbonyl (C=O) groups is 1. The lowest BCUT2D eigenvalue weighted by molar-refractivity contribution is -0.302. The van der Waals surface area contributed by atoms with Crippen LogP contribution in [0.2, 0.25) is 0 Å². The topological polar surface area (TPSA) is 149 Å². The molecule has 1 aliphatic rings. The van der Waals surface area contributed by atoms with Crippen LogP contribution in [-0.4, -0.2) is 87.5 Å². The van der Waals surface area contributed by atoms with Crippen LogP contribution in [0, 0.1) is 0 Å². The molecular weight excluding hydrogens is 935 g/mol. The summed E-state index contributed by atoms with van der Waals surface area (Å²) >= 11 is 0. The van der Waals surface area contributed by atoms with E-state index in [0.29, 0.717) is 6.42 Å². The Morgan fingerprint density at radius 2 is 0.840 bits per heavy atom. The van der Waals surface area contributed by atoms with Gasteiger partial charge in [-0.25, -0.2) is 0 Å². The minimum absolute atomic E-state index is 0.194. The lowest BCUT2D eigenvalue weighted by Crippen LogP contribution is -2.60. The molecule has 0 aliphatic carbocycles. The van der Waals surface area contributed by atoms with Crippen molar-refractivity contribution in [3.05, 3.63) is 85.1 Å². The van der Waals surface area contributed by atoms with Crippen molar-refractivity contribution >= 4 is 5.91 Å². The molecule has 7 unspecified atom stereocenters. The highest BCUT2D eigenvalue weighted by atomic mass is 16.7. The highest BCUT2D eigenvalue weighted by Gasteiger charge is 2.44. The van der Waals surface area contributed by atoms with Crippen molar-refractivity contribution in [1.82, 2.24) is 5.32 Å². The van der Waals surface area contributed by atoms with Gasteiger partial charge in [0.1, 0.15) is 24.4 Å². The van der Waals surface area contributed by atoms with Crippen molar-refractivity contribution in [3.63, 3.8) is 0 Å². The molecule has 0 aromatic carbocycles. The maximum absolute atomic E-state index is 13.1. The molecule has 434 valence electrons.